The summed E-state index contributed by atoms with van der Waals surface area (Å²) in [6.07, 6.45) is 1.57. The van der Waals surface area contributed by atoms with E-state index in [0.717, 1.165) is 4.90 Å². The fourth-order valence-electron chi connectivity index (χ4n) is 3.97. The highest BCUT2D eigenvalue weighted by atomic mass is 32.2. The molecule has 4 rings (SSSR count). The Hall–Kier alpha value is -5.42. The number of aryl methyl sites for hydroxylation is 1. The summed E-state index contributed by atoms with van der Waals surface area (Å²) in [4.78, 5) is 50.3. The number of thioether (sulfide) groups is 1. The number of carbonyl (C=O) groups excluding carboxylic acids is 3. The third kappa shape index (κ3) is 8.55. The molecule has 0 bridgehead atoms. The molecule has 0 aliphatic rings. The van der Waals surface area contributed by atoms with E-state index < -0.39 is 22.0 Å². The van der Waals surface area contributed by atoms with Gasteiger partial charge in [-0.15, -0.1) is 11.8 Å². The van der Waals surface area contributed by atoms with E-state index in [4.69, 9.17) is 4.74 Å². The van der Waals surface area contributed by atoms with Crippen LogP contribution in [0, 0.1) is 17.0 Å². The van der Waals surface area contributed by atoms with E-state index in [1.54, 1.807) is 112 Å². The molecule has 0 aliphatic heterocycles. The number of rotatable bonds is 11. The Morgan fingerprint density at radius 3 is 2.23 bits per heavy atom. The Bertz CT molecular complexity index is 1690. The van der Waals surface area contributed by atoms with Crippen LogP contribution in [0.25, 0.3) is 6.08 Å². The van der Waals surface area contributed by atoms with Crippen LogP contribution in [-0.4, -0.2) is 35.0 Å². The van der Waals surface area contributed by atoms with E-state index in [9.17, 15) is 24.5 Å². The van der Waals surface area contributed by atoms with Gasteiger partial charge >= 0.3 is 0 Å². The second-order valence-electron chi connectivity index (χ2n) is 9.64. The van der Waals surface area contributed by atoms with Crippen LogP contribution < -0.4 is 20.7 Å². The quantitative estimate of drug-likeness (QED) is 0.0768. The van der Waals surface area contributed by atoms with Gasteiger partial charge in [0.25, 0.3) is 17.5 Å². The number of methoxy groups -OCH3 is 1. The molecule has 0 aromatic heterocycles. The second kappa shape index (κ2) is 14.7. The van der Waals surface area contributed by atoms with Gasteiger partial charge in [0.2, 0.25) is 5.91 Å². The summed E-state index contributed by atoms with van der Waals surface area (Å²) in [5, 5.41) is 18.9. The van der Waals surface area contributed by atoms with Crippen molar-refractivity contribution < 1.29 is 24.0 Å². The average Bonchev–Trinajstić information content (AvgIpc) is 3.03. The first kappa shape index (κ1) is 31.5. The van der Waals surface area contributed by atoms with Gasteiger partial charge in [-0.3, -0.25) is 24.5 Å². The van der Waals surface area contributed by atoms with E-state index in [1.807, 2.05) is 0 Å². The SMILES string of the molecule is COc1ccc(/C=C(\NC(=O)c2ccccc2)C(=O)Nc2ccc(SC(C)C(=O)Nc3cc([N+](=O)[O-])ccc3C)cc2)cc1. The Morgan fingerprint density at radius 1 is 0.909 bits per heavy atom. The van der Waals surface area contributed by atoms with Crippen LogP contribution in [0.5, 0.6) is 5.75 Å². The van der Waals surface area contributed by atoms with Crippen molar-refractivity contribution in [2.24, 2.45) is 0 Å². The van der Waals surface area contributed by atoms with Gasteiger partial charge in [-0.2, -0.15) is 0 Å². The molecule has 224 valence electrons. The number of nitro groups is 1. The summed E-state index contributed by atoms with van der Waals surface area (Å²) in [6, 6.07) is 26.8. The zero-order valence-electron chi connectivity index (χ0n) is 24.2. The topological polar surface area (TPSA) is 140 Å². The highest BCUT2D eigenvalue weighted by Gasteiger charge is 2.18. The largest absolute Gasteiger partial charge is 0.497 e. The molecule has 1 atom stereocenters. The Labute approximate surface area is 258 Å². The number of hydrogen-bond donors (Lipinski definition) is 3. The number of nitro benzene ring substituents is 1. The number of benzene rings is 4. The van der Waals surface area contributed by atoms with Crippen molar-refractivity contribution in [2.45, 2.75) is 24.0 Å². The van der Waals surface area contributed by atoms with Crippen molar-refractivity contribution in [3.8, 4) is 5.75 Å². The summed E-state index contributed by atoms with van der Waals surface area (Å²) < 4.78 is 5.20. The lowest BCUT2D eigenvalue weighted by Gasteiger charge is -2.14. The van der Waals surface area contributed by atoms with Gasteiger partial charge in [0.1, 0.15) is 11.4 Å². The molecular formula is C33H30N4O6S. The summed E-state index contributed by atoms with van der Waals surface area (Å²) >= 11 is 1.29. The van der Waals surface area contributed by atoms with Gasteiger partial charge in [0, 0.05) is 28.3 Å². The van der Waals surface area contributed by atoms with Crippen molar-refractivity contribution in [3.63, 3.8) is 0 Å². The monoisotopic (exact) mass is 610 g/mol. The van der Waals surface area contributed by atoms with Crippen LogP contribution in [-0.2, 0) is 9.59 Å². The molecule has 4 aromatic carbocycles. The number of hydrogen-bond acceptors (Lipinski definition) is 7. The molecule has 0 saturated carbocycles. The smallest absolute Gasteiger partial charge is 0.272 e. The summed E-state index contributed by atoms with van der Waals surface area (Å²) in [5.74, 6) is -0.603. The number of nitrogens with zero attached hydrogens (tertiary/aromatic N) is 1. The van der Waals surface area contributed by atoms with Crippen LogP contribution in [0.15, 0.2) is 108 Å². The van der Waals surface area contributed by atoms with Gasteiger partial charge in [-0.1, -0.05) is 36.4 Å². The normalized spacial score (nSPS) is 11.7. The van der Waals surface area contributed by atoms with Crippen LogP contribution in [0.2, 0.25) is 0 Å². The molecule has 1 unspecified atom stereocenters. The fourth-order valence-corrected chi connectivity index (χ4v) is 4.84. The van der Waals surface area contributed by atoms with Crippen LogP contribution in [0.1, 0.15) is 28.4 Å². The van der Waals surface area contributed by atoms with E-state index in [2.05, 4.69) is 16.0 Å². The molecule has 0 heterocycles. The first-order valence-electron chi connectivity index (χ1n) is 13.5. The Kier molecular flexibility index (Phi) is 10.5. The molecule has 44 heavy (non-hydrogen) atoms. The zero-order valence-corrected chi connectivity index (χ0v) is 25.0. The van der Waals surface area contributed by atoms with Crippen molar-refractivity contribution >= 4 is 52.6 Å². The maximum Gasteiger partial charge on any atom is 0.272 e. The predicted molar refractivity (Wildman–Crippen MR) is 172 cm³/mol. The summed E-state index contributed by atoms with van der Waals surface area (Å²) in [5.41, 5.74) is 2.60. The molecule has 0 aliphatic carbocycles. The van der Waals surface area contributed by atoms with Gasteiger partial charge < -0.3 is 20.7 Å². The molecule has 4 aromatic rings. The maximum atomic E-state index is 13.3. The minimum atomic E-state index is -0.523. The van der Waals surface area contributed by atoms with Gasteiger partial charge in [-0.25, -0.2) is 0 Å². The first-order valence-corrected chi connectivity index (χ1v) is 14.4. The first-order chi connectivity index (χ1) is 21.1. The van der Waals surface area contributed by atoms with Crippen molar-refractivity contribution in [1.82, 2.24) is 5.32 Å². The summed E-state index contributed by atoms with van der Waals surface area (Å²) in [6.45, 7) is 3.49. The molecule has 0 spiro atoms. The number of anilines is 2. The lowest BCUT2D eigenvalue weighted by molar-refractivity contribution is -0.384. The molecule has 0 saturated heterocycles. The summed E-state index contributed by atoms with van der Waals surface area (Å²) in [7, 11) is 1.56. The van der Waals surface area contributed by atoms with Crippen LogP contribution >= 0.6 is 11.8 Å². The zero-order chi connectivity index (χ0) is 31.6. The third-order valence-corrected chi connectivity index (χ3v) is 7.55. The van der Waals surface area contributed by atoms with E-state index >= 15 is 0 Å². The fraction of sp³-hybridized carbons (Fsp3) is 0.121. The molecule has 0 fully saturated rings. The molecule has 11 heteroatoms. The van der Waals surface area contributed by atoms with Gasteiger partial charge in [-0.05, 0) is 79.6 Å². The van der Waals surface area contributed by atoms with E-state index in [-0.39, 0.29) is 17.3 Å². The maximum absolute atomic E-state index is 13.3. The molecule has 10 nitrogen and oxygen atoms in total. The minimum Gasteiger partial charge on any atom is -0.497 e. The van der Waals surface area contributed by atoms with Gasteiger partial charge in [0.15, 0.2) is 0 Å². The van der Waals surface area contributed by atoms with E-state index in [0.29, 0.717) is 33.8 Å². The lowest BCUT2D eigenvalue weighted by Crippen LogP contribution is -2.30. The van der Waals surface area contributed by atoms with Crippen molar-refractivity contribution in [1.29, 1.82) is 0 Å². The Balaban J connectivity index is 1.43. The molecule has 0 radical (unpaired) electrons. The average molecular weight is 611 g/mol. The number of ether oxygens (including phenoxy) is 1. The number of non-ortho nitro benzene ring substituents is 1. The minimum absolute atomic E-state index is 0.0456. The third-order valence-electron chi connectivity index (χ3n) is 6.44. The highest BCUT2D eigenvalue weighted by molar-refractivity contribution is 8.00. The second-order valence-corrected chi connectivity index (χ2v) is 11.0. The molecular weight excluding hydrogens is 580 g/mol. The number of nitrogens with one attached hydrogen (secondary N) is 3. The standard InChI is InChI=1S/C33H30N4O6S/c1-21-9-14-26(37(41)42)20-29(21)35-31(38)22(2)44-28-17-12-25(13-18-28)34-33(40)30(19-23-10-15-27(43-3)16-11-23)36-32(39)24-7-5-4-6-8-24/h4-20,22H,1-3H3,(H,34,40)(H,35,38)(H,36,39)/b30-19-. The van der Waals surface area contributed by atoms with E-state index in [1.165, 1.54) is 23.9 Å². The number of carbonyl (C=O) groups is 3. The van der Waals surface area contributed by atoms with Crippen molar-refractivity contribution in [2.75, 3.05) is 17.7 Å². The molecule has 3 N–H and O–H groups in total. The van der Waals surface area contributed by atoms with Gasteiger partial charge in [0.05, 0.1) is 23.0 Å². The highest BCUT2D eigenvalue weighted by Crippen LogP contribution is 2.27. The molecule has 3 amide bonds. The Morgan fingerprint density at radius 2 is 1.59 bits per heavy atom. The number of amides is 3. The van der Waals surface area contributed by atoms with Crippen molar-refractivity contribution in [3.05, 3.63) is 130 Å². The predicted octanol–water partition coefficient (Wildman–Crippen LogP) is 6.44. The van der Waals surface area contributed by atoms with Crippen LogP contribution in [0.3, 0.4) is 0 Å². The lowest BCUT2D eigenvalue weighted by atomic mass is 10.1. The van der Waals surface area contributed by atoms with Crippen LogP contribution in [0.4, 0.5) is 17.1 Å².